The number of nitrogens with one attached hydrogen (secondary N) is 2. The minimum Gasteiger partial charge on any atom is -0.417 e. The number of amides is 3. The van der Waals surface area contributed by atoms with E-state index in [0.29, 0.717) is 45.1 Å². The molecule has 2 aromatic heterocycles. The molecular formula is C33H33F4N7O3. The van der Waals surface area contributed by atoms with Crippen molar-refractivity contribution < 1.29 is 31.6 Å². The van der Waals surface area contributed by atoms with E-state index in [1.54, 1.807) is 21.9 Å². The molecule has 4 heterocycles. The maximum atomic E-state index is 14.0. The van der Waals surface area contributed by atoms with Crippen LogP contribution in [0.3, 0.4) is 0 Å². The molecule has 14 heteroatoms. The van der Waals surface area contributed by atoms with Crippen molar-refractivity contribution in [3.05, 3.63) is 95.3 Å². The SMILES string of the molecule is Cc1cccc(C2CCCN(c3nc(C(F)(F)F)c(C(=O)Nc4ccc(N5CCN(C(=O)Nc6ccccc6F)CC5)nc4)o3)C2)c1. The summed E-state index contributed by atoms with van der Waals surface area (Å²) in [5.41, 5.74) is 1.08. The molecule has 0 saturated carbocycles. The number of carbonyl (C=O) groups is 2. The molecule has 10 nitrogen and oxygen atoms in total. The van der Waals surface area contributed by atoms with E-state index < -0.39 is 35.4 Å². The van der Waals surface area contributed by atoms with Crippen LogP contribution in [0.2, 0.25) is 0 Å². The van der Waals surface area contributed by atoms with Gasteiger partial charge in [-0.3, -0.25) is 4.79 Å². The second kappa shape index (κ2) is 13.3. The number of benzene rings is 2. The molecule has 2 aliphatic rings. The summed E-state index contributed by atoms with van der Waals surface area (Å²) in [6.07, 6.45) is -1.95. The molecule has 6 rings (SSSR count). The summed E-state index contributed by atoms with van der Waals surface area (Å²) >= 11 is 0. The van der Waals surface area contributed by atoms with Crippen LogP contribution >= 0.6 is 0 Å². The Morgan fingerprint density at radius 2 is 1.72 bits per heavy atom. The fourth-order valence-electron chi connectivity index (χ4n) is 5.87. The molecule has 4 aromatic rings. The third-order valence-electron chi connectivity index (χ3n) is 8.31. The van der Waals surface area contributed by atoms with Gasteiger partial charge in [0.05, 0.1) is 17.6 Å². The maximum absolute atomic E-state index is 14.0. The van der Waals surface area contributed by atoms with Crippen molar-refractivity contribution >= 4 is 35.1 Å². The second-order valence-electron chi connectivity index (χ2n) is 11.6. The summed E-state index contributed by atoms with van der Waals surface area (Å²) in [5, 5.41) is 5.01. The van der Waals surface area contributed by atoms with Gasteiger partial charge in [0.25, 0.3) is 11.9 Å². The fraction of sp³-hybridized carbons (Fsp3) is 0.333. The van der Waals surface area contributed by atoms with Crippen molar-refractivity contribution in [3.8, 4) is 0 Å². The van der Waals surface area contributed by atoms with Gasteiger partial charge in [0.1, 0.15) is 11.6 Å². The molecule has 0 radical (unpaired) electrons. The van der Waals surface area contributed by atoms with E-state index in [0.717, 1.165) is 24.0 Å². The summed E-state index contributed by atoms with van der Waals surface area (Å²) in [7, 11) is 0. The molecule has 2 aliphatic heterocycles. The molecule has 0 aliphatic carbocycles. The normalized spacial score (nSPS) is 17.0. The maximum Gasteiger partial charge on any atom is 0.437 e. The Kier molecular flexibility index (Phi) is 9.01. The predicted octanol–water partition coefficient (Wildman–Crippen LogP) is 6.53. The van der Waals surface area contributed by atoms with E-state index in [9.17, 15) is 27.2 Å². The molecule has 1 unspecified atom stereocenters. The summed E-state index contributed by atoms with van der Waals surface area (Å²) < 4.78 is 61.4. The van der Waals surface area contributed by atoms with Crippen LogP contribution in [-0.4, -0.2) is 66.1 Å². The highest BCUT2D eigenvalue weighted by atomic mass is 19.4. The van der Waals surface area contributed by atoms with E-state index in [-0.39, 0.29) is 23.3 Å². The van der Waals surface area contributed by atoms with Crippen LogP contribution in [0.25, 0.3) is 0 Å². The number of piperazine rings is 1. The number of piperidine rings is 1. The van der Waals surface area contributed by atoms with E-state index in [2.05, 4.69) is 26.7 Å². The molecule has 246 valence electrons. The standard InChI is InChI=1S/C33H33F4N7O3/c1-21-6-4-7-22(18-21)23-8-5-13-44(20-23)32-41-29(33(35,36)37)28(47-32)30(45)39-24-11-12-27(38-19-24)42-14-16-43(17-15-42)31(46)40-26-10-3-2-9-25(26)34/h2-4,6-7,9-12,18-19,23H,5,8,13-17,20H2,1H3,(H,39,45)(H,40,46). The lowest BCUT2D eigenvalue weighted by molar-refractivity contribution is -0.141. The van der Waals surface area contributed by atoms with Crippen LogP contribution in [-0.2, 0) is 6.18 Å². The minimum atomic E-state index is -4.91. The van der Waals surface area contributed by atoms with Crippen molar-refractivity contribution in [1.82, 2.24) is 14.9 Å². The summed E-state index contributed by atoms with van der Waals surface area (Å²) in [6.45, 7) is 4.47. The average molecular weight is 652 g/mol. The first-order valence-corrected chi connectivity index (χ1v) is 15.3. The third-order valence-corrected chi connectivity index (χ3v) is 8.31. The van der Waals surface area contributed by atoms with Crippen molar-refractivity contribution in [1.29, 1.82) is 0 Å². The van der Waals surface area contributed by atoms with E-state index in [4.69, 9.17) is 4.42 Å². The number of oxazole rings is 1. The average Bonchev–Trinajstić information content (AvgIpc) is 3.54. The van der Waals surface area contributed by atoms with Crippen molar-refractivity contribution in [2.45, 2.75) is 31.9 Å². The van der Waals surface area contributed by atoms with Crippen molar-refractivity contribution in [3.63, 3.8) is 0 Å². The topological polar surface area (TPSA) is 107 Å². The number of halogens is 4. The molecule has 3 amide bonds. The van der Waals surface area contributed by atoms with Gasteiger partial charge in [-0.25, -0.2) is 14.2 Å². The quantitative estimate of drug-likeness (QED) is 0.229. The zero-order valence-electron chi connectivity index (χ0n) is 25.6. The first-order valence-electron chi connectivity index (χ1n) is 15.3. The van der Waals surface area contributed by atoms with Crippen LogP contribution in [0.4, 0.5) is 45.6 Å². The molecule has 2 N–H and O–H groups in total. The Balaban J connectivity index is 1.08. The largest absolute Gasteiger partial charge is 0.437 e. The van der Waals surface area contributed by atoms with Crippen LogP contribution in [0, 0.1) is 12.7 Å². The van der Waals surface area contributed by atoms with E-state index in [1.807, 2.05) is 30.0 Å². The van der Waals surface area contributed by atoms with Crippen LogP contribution in [0.15, 0.2) is 71.3 Å². The molecule has 0 spiro atoms. The van der Waals surface area contributed by atoms with Crippen molar-refractivity contribution in [2.24, 2.45) is 0 Å². The molecule has 0 bridgehead atoms. The van der Waals surface area contributed by atoms with Gasteiger partial charge in [-0.05, 0) is 49.6 Å². The first-order chi connectivity index (χ1) is 22.5. The number of alkyl halides is 3. The zero-order valence-corrected chi connectivity index (χ0v) is 25.6. The summed E-state index contributed by atoms with van der Waals surface area (Å²) in [5.74, 6) is -1.89. The number of rotatable bonds is 6. The number of para-hydroxylation sites is 1. The Labute approximate surface area is 268 Å². The molecular weight excluding hydrogens is 618 g/mol. The number of hydrogen-bond donors (Lipinski definition) is 2. The number of hydrogen-bond acceptors (Lipinski definition) is 7. The summed E-state index contributed by atoms with van der Waals surface area (Å²) in [6, 6.07) is 16.4. The van der Waals surface area contributed by atoms with Gasteiger partial charge < -0.3 is 29.8 Å². The number of aryl methyl sites for hydroxylation is 1. The van der Waals surface area contributed by atoms with E-state index in [1.165, 1.54) is 30.5 Å². The lowest BCUT2D eigenvalue weighted by Gasteiger charge is -2.35. The highest BCUT2D eigenvalue weighted by Gasteiger charge is 2.42. The number of urea groups is 1. The molecule has 47 heavy (non-hydrogen) atoms. The number of anilines is 4. The van der Waals surface area contributed by atoms with Crippen LogP contribution in [0.1, 0.15) is 46.1 Å². The zero-order chi connectivity index (χ0) is 33.1. The lowest BCUT2D eigenvalue weighted by atomic mass is 9.90. The number of nitrogens with zero attached hydrogens (tertiary/aromatic N) is 5. The highest BCUT2D eigenvalue weighted by Crippen LogP contribution is 2.37. The number of carbonyl (C=O) groups excluding carboxylic acids is 2. The van der Waals surface area contributed by atoms with Gasteiger partial charge in [-0.1, -0.05) is 42.0 Å². The van der Waals surface area contributed by atoms with Crippen LogP contribution in [0.5, 0.6) is 0 Å². The predicted molar refractivity (Wildman–Crippen MR) is 168 cm³/mol. The summed E-state index contributed by atoms with van der Waals surface area (Å²) in [4.78, 5) is 38.9. The van der Waals surface area contributed by atoms with Gasteiger partial charge >= 0.3 is 12.2 Å². The highest BCUT2D eigenvalue weighted by molar-refractivity contribution is 6.03. The van der Waals surface area contributed by atoms with Gasteiger partial charge in [0, 0.05) is 45.2 Å². The van der Waals surface area contributed by atoms with E-state index >= 15 is 0 Å². The Morgan fingerprint density at radius 1 is 0.936 bits per heavy atom. The molecule has 1 atom stereocenters. The number of aromatic nitrogens is 2. The van der Waals surface area contributed by atoms with Gasteiger partial charge in [0.15, 0.2) is 5.69 Å². The second-order valence-corrected chi connectivity index (χ2v) is 11.6. The Hall–Kier alpha value is -5.14. The molecule has 2 fully saturated rings. The smallest absolute Gasteiger partial charge is 0.417 e. The van der Waals surface area contributed by atoms with Crippen molar-refractivity contribution in [2.75, 3.05) is 59.7 Å². The molecule has 2 aromatic carbocycles. The third kappa shape index (κ3) is 7.31. The Morgan fingerprint density at radius 3 is 2.43 bits per heavy atom. The lowest BCUT2D eigenvalue weighted by Crippen LogP contribution is -2.50. The van der Waals surface area contributed by atoms with Crippen LogP contribution < -0.4 is 20.4 Å². The van der Waals surface area contributed by atoms with Gasteiger partial charge in [-0.15, -0.1) is 0 Å². The fourth-order valence-corrected chi connectivity index (χ4v) is 5.87. The molecule has 2 saturated heterocycles. The first kappa shape index (κ1) is 31.8. The Bertz CT molecular complexity index is 1740. The van der Waals surface area contributed by atoms with Gasteiger partial charge in [-0.2, -0.15) is 18.2 Å². The number of pyridine rings is 1. The monoisotopic (exact) mass is 651 g/mol. The van der Waals surface area contributed by atoms with Gasteiger partial charge in [0.2, 0.25) is 5.76 Å². The minimum absolute atomic E-state index is 0.0887.